The van der Waals surface area contributed by atoms with E-state index in [0.29, 0.717) is 33.4 Å². The monoisotopic (exact) mass is 491 g/mol. The lowest BCUT2D eigenvalue weighted by Gasteiger charge is -2.08. The molecule has 0 amide bonds. The molecule has 0 aliphatic rings. The van der Waals surface area contributed by atoms with Crippen LogP contribution in [0.5, 0.6) is 5.75 Å². The molecule has 138 valence electrons. The van der Waals surface area contributed by atoms with Crippen molar-refractivity contribution in [2.75, 3.05) is 0 Å². The van der Waals surface area contributed by atoms with E-state index in [1.54, 1.807) is 36.5 Å². The van der Waals surface area contributed by atoms with E-state index in [0.717, 1.165) is 10.0 Å². The minimum absolute atomic E-state index is 0.231. The van der Waals surface area contributed by atoms with Crippen LogP contribution in [0.3, 0.4) is 0 Å². The minimum Gasteiger partial charge on any atom is -0.426 e. The molecule has 1 heterocycles. The second-order valence-corrected chi connectivity index (χ2v) is 7.46. The Morgan fingerprint density at radius 2 is 2.04 bits per heavy atom. The molecule has 0 aliphatic heterocycles. The van der Waals surface area contributed by atoms with E-state index in [2.05, 4.69) is 41.9 Å². The maximum atomic E-state index is 12.8. The number of carbonyl (C=O) groups is 1. The van der Waals surface area contributed by atoms with E-state index in [-0.39, 0.29) is 5.56 Å². The molecule has 2 aromatic carbocycles. The topological polar surface area (TPSA) is 73.6 Å². The van der Waals surface area contributed by atoms with E-state index in [9.17, 15) is 9.59 Å². The SMILES string of the molecule is CCc1nc2ccc(Br)cc2c(=O)n1N=Cc1ccc(OC(C)=O)c(Br)c1. The Bertz CT molecular complexity index is 1120. The summed E-state index contributed by atoms with van der Waals surface area (Å²) in [4.78, 5) is 28.5. The van der Waals surface area contributed by atoms with Gasteiger partial charge < -0.3 is 4.74 Å². The van der Waals surface area contributed by atoms with Gasteiger partial charge in [0.25, 0.3) is 5.56 Å². The van der Waals surface area contributed by atoms with Gasteiger partial charge >= 0.3 is 5.97 Å². The zero-order chi connectivity index (χ0) is 19.6. The molecule has 0 bridgehead atoms. The third kappa shape index (κ3) is 4.33. The van der Waals surface area contributed by atoms with Crippen LogP contribution in [0.15, 0.2) is 55.2 Å². The van der Waals surface area contributed by atoms with Gasteiger partial charge in [-0.05, 0) is 57.9 Å². The normalized spacial score (nSPS) is 11.3. The third-order valence-electron chi connectivity index (χ3n) is 3.72. The van der Waals surface area contributed by atoms with Crippen molar-refractivity contribution in [2.45, 2.75) is 20.3 Å². The predicted molar refractivity (Wildman–Crippen MR) is 112 cm³/mol. The first-order valence-corrected chi connectivity index (χ1v) is 9.71. The van der Waals surface area contributed by atoms with Crippen molar-refractivity contribution in [1.29, 1.82) is 0 Å². The second kappa shape index (κ2) is 8.14. The van der Waals surface area contributed by atoms with Gasteiger partial charge in [-0.2, -0.15) is 9.78 Å². The molecule has 6 nitrogen and oxygen atoms in total. The third-order valence-corrected chi connectivity index (χ3v) is 4.84. The number of rotatable bonds is 4. The molecule has 0 N–H and O–H groups in total. The number of carbonyl (C=O) groups excluding carboxylic acids is 1. The Labute approximate surface area is 172 Å². The highest BCUT2D eigenvalue weighted by Gasteiger charge is 2.10. The molecular weight excluding hydrogens is 478 g/mol. The van der Waals surface area contributed by atoms with Crippen molar-refractivity contribution in [2.24, 2.45) is 5.10 Å². The molecule has 0 unspecified atom stereocenters. The first kappa shape index (κ1) is 19.4. The smallest absolute Gasteiger partial charge is 0.308 e. The molecule has 0 saturated carbocycles. The van der Waals surface area contributed by atoms with Crippen LogP contribution >= 0.6 is 31.9 Å². The average Bonchev–Trinajstić information content (AvgIpc) is 2.63. The van der Waals surface area contributed by atoms with Crippen LogP contribution in [0.2, 0.25) is 0 Å². The number of esters is 1. The second-order valence-electron chi connectivity index (χ2n) is 5.69. The van der Waals surface area contributed by atoms with E-state index >= 15 is 0 Å². The molecule has 1 aromatic heterocycles. The number of hydrogen-bond donors (Lipinski definition) is 0. The lowest BCUT2D eigenvalue weighted by Crippen LogP contribution is -2.22. The summed E-state index contributed by atoms with van der Waals surface area (Å²) < 4.78 is 7.81. The number of ether oxygens (including phenoxy) is 1. The molecule has 0 spiro atoms. The van der Waals surface area contributed by atoms with Crippen LogP contribution in [0.4, 0.5) is 0 Å². The summed E-state index contributed by atoms with van der Waals surface area (Å²) in [6.45, 7) is 3.26. The van der Waals surface area contributed by atoms with Crippen LogP contribution in [-0.4, -0.2) is 21.8 Å². The molecule has 8 heteroatoms. The van der Waals surface area contributed by atoms with Crippen molar-refractivity contribution in [3.63, 3.8) is 0 Å². The predicted octanol–water partition coefficient (Wildman–Crippen LogP) is 4.29. The van der Waals surface area contributed by atoms with Crippen LogP contribution in [0.1, 0.15) is 25.2 Å². The maximum absolute atomic E-state index is 12.8. The number of hydrogen-bond acceptors (Lipinski definition) is 5. The molecule has 0 radical (unpaired) electrons. The van der Waals surface area contributed by atoms with Crippen molar-refractivity contribution in [1.82, 2.24) is 9.66 Å². The van der Waals surface area contributed by atoms with Crippen molar-refractivity contribution >= 4 is 54.9 Å². The molecule has 3 aromatic rings. The summed E-state index contributed by atoms with van der Waals surface area (Å²) in [5.41, 5.74) is 1.14. The highest BCUT2D eigenvalue weighted by atomic mass is 79.9. The van der Waals surface area contributed by atoms with Gasteiger partial charge in [-0.1, -0.05) is 22.9 Å². The number of halogens is 2. The highest BCUT2D eigenvalue weighted by molar-refractivity contribution is 9.10. The van der Waals surface area contributed by atoms with Gasteiger partial charge in [-0.25, -0.2) is 4.98 Å². The standard InChI is InChI=1S/C19H15Br2N3O3/c1-3-18-23-16-6-5-13(20)9-14(16)19(26)24(18)22-10-12-4-7-17(15(21)8-12)27-11(2)25/h4-10H,3H2,1-2H3. The van der Waals surface area contributed by atoms with Gasteiger partial charge in [0.15, 0.2) is 0 Å². The summed E-state index contributed by atoms with van der Waals surface area (Å²) in [7, 11) is 0. The zero-order valence-electron chi connectivity index (χ0n) is 14.6. The van der Waals surface area contributed by atoms with E-state index < -0.39 is 5.97 Å². The molecular formula is C19H15Br2N3O3. The maximum Gasteiger partial charge on any atom is 0.308 e. The zero-order valence-corrected chi connectivity index (χ0v) is 17.7. The molecule has 27 heavy (non-hydrogen) atoms. The molecule has 0 saturated heterocycles. The van der Waals surface area contributed by atoms with E-state index in [1.165, 1.54) is 11.6 Å². The minimum atomic E-state index is -0.398. The number of nitrogens with zero attached hydrogens (tertiary/aromatic N) is 3. The fourth-order valence-electron chi connectivity index (χ4n) is 2.50. The first-order chi connectivity index (χ1) is 12.9. The Morgan fingerprint density at radius 3 is 2.70 bits per heavy atom. The van der Waals surface area contributed by atoms with Gasteiger partial charge in [0, 0.05) is 17.8 Å². The van der Waals surface area contributed by atoms with Gasteiger partial charge in [0.05, 0.1) is 21.6 Å². The Kier molecular flexibility index (Phi) is 5.86. The summed E-state index contributed by atoms with van der Waals surface area (Å²) in [5, 5.41) is 4.82. The van der Waals surface area contributed by atoms with Crippen LogP contribution < -0.4 is 10.3 Å². The Hall–Kier alpha value is -2.32. The lowest BCUT2D eigenvalue weighted by atomic mass is 10.2. The first-order valence-electron chi connectivity index (χ1n) is 8.12. The molecule has 0 aliphatic carbocycles. The number of fused-ring (bicyclic) bond motifs is 1. The summed E-state index contributed by atoms with van der Waals surface area (Å²) in [6, 6.07) is 10.5. The quantitative estimate of drug-likeness (QED) is 0.309. The average molecular weight is 493 g/mol. The van der Waals surface area contributed by atoms with Crippen LogP contribution in [0, 0.1) is 0 Å². The Morgan fingerprint density at radius 1 is 1.26 bits per heavy atom. The van der Waals surface area contributed by atoms with Crippen molar-refractivity contribution in [3.8, 4) is 5.75 Å². The van der Waals surface area contributed by atoms with Crippen LogP contribution in [-0.2, 0) is 11.2 Å². The fourth-order valence-corrected chi connectivity index (χ4v) is 3.34. The fraction of sp³-hybridized carbons (Fsp3) is 0.158. The number of aromatic nitrogens is 2. The van der Waals surface area contributed by atoms with E-state index in [1.807, 2.05) is 13.0 Å². The van der Waals surface area contributed by atoms with Gasteiger partial charge in [-0.3, -0.25) is 9.59 Å². The number of aryl methyl sites for hydroxylation is 1. The molecule has 0 atom stereocenters. The largest absolute Gasteiger partial charge is 0.426 e. The highest BCUT2D eigenvalue weighted by Crippen LogP contribution is 2.25. The van der Waals surface area contributed by atoms with E-state index in [4.69, 9.17) is 4.74 Å². The van der Waals surface area contributed by atoms with Gasteiger partial charge in [-0.15, -0.1) is 0 Å². The summed E-state index contributed by atoms with van der Waals surface area (Å²) in [6.07, 6.45) is 2.13. The van der Waals surface area contributed by atoms with Crippen molar-refractivity contribution in [3.05, 3.63) is 67.1 Å². The Balaban J connectivity index is 2.03. The molecule has 3 rings (SSSR count). The summed E-state index contributed by atoms with van der Waals surface area (Å²) in [5.74, 6) is 0.592. The lowest BCUT2D eigenvalue weighted by molar-refractivity contribution is -0.131. The number of benzene rings is 2. The van der Waals surface area contributed by atoms with Crippen LogP contribution in [0.25, 0.3) is 10.9 Å². The van der Waals surface area contributed by atoms with Gasteiger partial charge in [0.1, 0.15) is 11.6 Å². The van der Waals surface area contributed by atoms with Gasteiger partial charge in [0.2, 0.25) is 0 Å². The molecule has 0 fully saturated rings. The summed E-state index contributed by atoms with van der Waals surface area (Å²) >= 11 is 6.74. The van der Waals surface area contributed by atoms with Crippen molar-refractivity contribution < 1.29 is 9.53 Å².